The Labute approximate surface area is 89.4 Å². The van der Waals surface area contributed by atoms with Gasteiger partial charge in [0.25, 0.3) is 0 Å². The molecule has 0 heterocycles. The summed E-state index contributed by atoms with van der Waals surface area (Å²) in [6, 6.07) is 7.45. The summed E-state index contributed by atoms with van der Waals surface area (Å²) in [5.41, 5.74) is 6.40. The fraction of sp³-hybridized carbons (Fsp3) is 0.455. The molecule has 0 fully saturated rings. The minimum absolute atomic E-state index is 0.111. The molecule has 3 N–H and O–H groups in total. The van der Waals surface area contributed by atoms with Gasteiger partial charge in [-0.1, -0.05) is 0 Å². The van der Waals surface area contributed by atoms with Gasteiger partial charge in [0.05, 0.1) is 0 Å². The highest BCUT2D eigenvalue weighted by molar-refractivity contribution is 5.46. The van der Waals surface area contributed by atoms with Crippen LogP contribution in [0.15, 0.2) is 24.3 Å². The van der Waals surface area contributed by atoms with Crippen LogP contribution in [0.5, 0.6) is 5.75 Å². The molecule has 1 aromatic carbocycles. The zero-order chi connectivity index (χ0) is 10.9. The van der Waals surface area contributed by atoms with Gasteiger partial charge in [-0.15, -0.1) is 0 Å². The highest BCUT2D eigenvalue weighted by atomic mass is 19.1. The highest BCUT2D eigenvalue weighted by Gasteiger charge is 1.94. The monoisotopic (exact) mass is 212 g/mol. The van der Waals surface area contributed by atoms with Gasteiger partial charge < -0.3 is 15.8 Å². The lowest BCUT2D eigenvalue weighted by Crippen LogP contribution is -2.08. The fourth-order valence-electron chi connectivity index (χ4n) is 1.16. The van der Waals surface area contributed by atoms with Gasteiger partial charge in [0.1, 0.15) is 19.0 Å². The zero-order valence-corrected chi connectivity index (χ0v) is 8.71. The Morgan fingerprint density at radius 3 is 2.60 bits per heavy atom. The summed E-state index contributed by atoms with van der Waals surface area (Å²) in [7, 11) is 0. The number of alkyl halides is 1. The Morgan fingerprint density at radius 1 is 1.27 bits per heavy atom. The highest BCUT2D eigenvalue weighted by Crippen LogP contribution is 2.15. The second-order valence-electron chi connectivity index (χ2n) is 3.13. The molecular formula is C11H17FN2O. The van der Waals surface area contributed by atoms with Gasteiger partial charge in [-0.25, -0.2) is 4.39 Å². The SMILES string of the molecule is NCCCNc1ccc(OCCF)cc1. The number of halogens is 1. The van der Waals surface area contributed by atoms with E-state index in [9.17, 15) is 4.39 Å². The van der Waals surface area contributed by atoms with E-state index >= 15 is 0 Å². The lowest BCUT2D eigenvalue weighted by atomic mass is 10.3. The van der Waals surface area contributed by atoms with Crippen molar-refractivity contribution < 1.29 is 9.13 Å². The van der Waals surface area contributed by atoms with Crippen LogP contribution in [0.4, 0.5) is 10.1 Å². The minimum atomic E-state index is -0.462. The number of ether oxygens (including phenoxy) is 1. The van der Waals surface area contributed by atoms with E-state index in [0.717, 1.165) is 18.7 Å². The van der Waals surface area contributed by atoms with E-state index in [1.54, 1.807) is 0 Å². The molecule has 0 spiro atoms. The number of hydrogen-bond acceptors (Lipinski definition) is 3. The van der Waals surface area contributed by atoms with Gasteiger partial charge >= 0.3 is 0 Å². The fourth-order valence-corrected chi connectivity index (χ4v) is 1.16. The molecule has 0 aliphatic carbocycles. The van der Waals surface area contributed by atoms with Crippen molar-refractivity contribution in [1.82, 2.24) is 0 Å². The van der Waals surface area contributed by atoms with Crippen LogP contribution in [0.2, 0.25) is 0 Å². The number of nitrogens with two attached hydrogens (primary N) is 1. The van der Waals surface area contributed by atoms with E-state index in [1.165, 1.54) is 0 Å². The number of hydrogen-bond donors (Lipinski definition) is 2. The normalized spacial score (nSPS) is 10.0. The van der Waals surface area contributed by atoms with Crippen LogP contribution >= 0.6 is 0 Å². The predicted molar refractivity (Wildman–Crippen MR) is 60.1 cm³/mol. The summed E-state index contributed by atoms with van der Waals surface area (Å²) in [6.07, 6.45) is 0.945. The summed E-state index contributed by atoms with van der Waals surface area (Å²) < 4.78 is 16.9. The van der Waals surface area contributed by atoms with E-state index in [-0.39, 0.29) is 6.61 Å². The van der Waals surface area contributed by atoms with Crippen molar-refractivity contribution in [2.24, 2.45) is 5.73 Å². The Bertz CT molecular complexity index is 264. The summed E-state index contributed by atoms with van der Waals surface area (Å²) in [5.74, 6) is 0.692. The number of rotatable bonds is 7. The first-order valence-corrected chi connectivity index (χ1v) is 5.09. The molecule has 0 radical (unpaired) electrons. The van der Waals surface area contributed by atoms with E-state index in [1.807, 2.05) is 24.3 Å². The van der Waals surface area contributed by atoms with Crippen molar-refractivity contribution in [3.8, 4) is 5.75 Å². The van der Waals surface area contributed by atoms with E-state index < -0.39 is 6.67 Å². The molecule has 0 aliphatic heterocycles. The largest absolute Gasteiger partial charge is 0.491 e. The first-order valence-electron chi connectivity index (χ1n) is 5.09. The van der Waals surface area contributed by atoms with Gasteiger partial charge in [-0.05, 0) is 37.2 Å². The molecule has 1 rings (SSSR count). The Kier molecular flexibility index (Phi) is 5.55. The summed E-state index contributed by atoms with van der Waals surface area (Å²) in [5, 5.41) is 3.22. The molecule has 0 aliphatic rings. The van der Waals surface area contributed by atoms with E-state index in [4.69, 9.17) is 10.5 Å². The van der Waals surface area contributed by atoms with E-state index in [2.05, 4.69) is 5.32 Å². The predicted octanol–water partition coefficient (Wildman–Crippen LogP) is 1.80. The molecule has 0 atom stereocenters. The van der Waals surface area contributed by atoms with Crippen molar-refractivity contribution in [1.29, 1.82) is 0 Å². The molecule has 0 saturated carbocycles. The number of anilines is 1. The Balaban J connectivity index is 2.35. The molecule has 0 amide bonds. The van der Waals surface area contributed by atoms with Crippen molar-refractivity contribution >= 4 is 5.69 Å². The van der Waals surface area contributed by atoms with E-state index in [0.29, 0.717) is 12.3 Å². The number of nitrogens with one attached hydrogen (secondary N) is 1. The van der Waals surface area contributed by atoms with Gasteiger partial charge in [-0.2, -0.15) is 0 Å². The molecule has 0 aromatic heterocycles. The van der Waals surface area contributed by atoms with Crippen LogP contribution in [0, 0.1) is 0 Å². The molecule has 0 saturated heterocycles. The molecule has 84 valence electrons. The average Bonchev–Trinajstić information content (AvgIpc) is 2.28. The second-order valence-corrected chi connectivity index (χ2v) is 3.13. The molecule has 1 aromatic rings. The molecule has 0 bridgehead atoms. The maximum atomic E-state index is 11.8. The van der Waals surface area contributed by atoms with Gasteiger partial charge in [0, 0.05) is 12.2 Å². The first-order chi connectivity index (χ1) is 7.36. The Morgan fingerprint density at radius 2 is 2.00 bits per heavy atom. The van der Waals surface area contributed by atoms with Crippen LogP contribution in [0.25, 0.3) is 0 Å². The maximum absolute atomic E-state index is 11.8. The van der Waals surface area contributed by atoms with Crippen LogP contribution in [0.1, 0.15) is 6.42 Å². The molecule has 3 nitrogen and oxygen atoms in total. The Hall–Kier alpha value is -1.29. The first kappa shape index (κ1) is 11.8. The van der Waals surface area contributed by atoms with Crippen LogP contribution in [-0.2, 0) is 0 Å². The van der Waals surface area contributed by atoms with Crippen molar-refractivity contribution in [2.45, 2.75) is 6.42 Å². The van der Waals surface area contributed by atoms with Gasteiger partial charge in [-0.3, -0.25) is 0 Å². The summed E-state index contributed by atoms with van der Waals surface area (Å²) >= 11 is 0. The topological polar surface area (TPSA) is 47.3 Å². The van der Waals surface area contributed by atoms with Crippen LogP contribution in [-0.4, -0.2) is 26.4 Å². The molecule has 4 heteroatoms. The molecule has 0 unspecified atom stereocenters. The summed E-state index contributed by atoms with van der Waals surface area (Å²) in [6.45, 7) is 1.20. The number of benzene rings is 1. The van der Waals surface area contributed by atoms with Crippen molar-refractivity contribution in [3.05, 3.63) is 24.3 Å². The smallest absolute Gasteiger partial charge is 0.123 e. The van der Waals surface area contributed by atoms with Gasteiger partial charge in [0.2, 0.25) is 0 Å². The quantitative estimate of drug-likeness (QED) is 0.677. The minimum Gasteiger partial charge on any atom is -0.491 e. The van der Waals surface area contributed by atoms with Crippen LogP contribution < -0.4 is 15.8 Å². The summed E-state index contributed by atoms with van der Waals surface area (Å²) in [4.78, 5) is 0. The third-order valence-electron chi connectivity index (χ3n) is 1.91. The third-order valence-corrected chi connectivity index (χ3v) is 1.91. The average molecular weight is 212 g/mol. The third kappa shape index (κ3) is 4.65. The van der Waals surface area contributed by atoms with Crippen molar-refractivity contribution in [2.75, 3.05) is 31.7 Å². The lowest BCUT2D eigenvalue weighted by Gasteiger charge is -2.07. The van der Waals surface area contributed by atoms with Crippen molar-refractivity contribution in [3.63, 3.8) is 0 Å². The second kappa shape index (κ2) is 7.06. The zero-order valence-electron chi connectivity index (χ0n) is 8.71. The van der Waals surface area contributed by atoms with Crippen LogP contribution in [0.3, 0.4) is 0 Å². The standard InChI is InChI=1S/C11H17FN2O/c12-6-9-15-11-4-2-10(3-5-11)14-8-1-7-13/h2-5,14H,1,6-9,13H2. The molecular weight excluding hydrogens is 195 g/mol. The maximum Gasteiger partial charge on any atom is 0.123 e. The van der Waals surface area contributed by atoms with Gasteiger partial charge in [0.15, 0.2) is 0 Å². The lowest BCUT2D eigenvalue weighted by molar-refractivity contribution is 0.273. The molecule has 15 heavy (non-hydrogen) atoms.